The van der Waals surface area contributed by atoms with E-state index in [1.165, 1.54) is 0 Å². The largest absolute Gasteiger partial charge is 0.367 e. The Morgan fingerprint density at radius 3 is 2.74 bits per heavy atom. The van der Waals surface area contributed by atoms with Crippen molar-refractivity contribution in [3.63, 3.8) is 0 Å². The van der Waals surface area contributed by atoms with Crippen LogP contribution in [0.25, 0.3) is 10.8 Å². The SMILES string of the molecule is Cc1ccc(CN2CCC(Nc3nccc4ccc(Cl)cc34)CC2)cc1F. The van der Waals surface area contributed by atoms with Gasteiger partial charge in [0.1, 0.15) is 11.6 Å². The molecule has 3 nitrogen and oxygen atoms in total. The molecule has 1 aromatic heterocycles. The van der Waals surface area contributed by atoms with E-state index < -0.39 is 0 Å². The first-order chi connectivity index (χ1) is 13.1. The molecule has 0 unspecified atom stereocenters. The Kier molecular flexibility index (Phi) is 5.28. The number of pyridine rings is 1. The molecule has 0 amide bonds. The number of aryl methyl sites for hydroxylation is 1. The second kappa shape index (κ2) is 7.83. The van der Waals surface area contributed by atoms with Gasteiger partial charge in [-0.1, -0.05) is 29.8 Å². The topological polar surface area (TPSA) is 28.2 Å². The van der Waals surface area contributed by atoms with E-state index in [9.17, 15) is 4.39 Å². The van der Waals surface area contributed by atoms with Gasteiger partial charge in [-0.25, -0.2) is 9.37 Å². The van der Waals surface area contributed by atoms with Crippen LogP contribution in [0.4, 0.5) is 10.2 Å². The monoisotopic (exact) mass is 383 g/mol. The smallest absolute Gasteiger partial charge is 0.134 e. The second-order valence-corrected chi connectivity index (χ2v) is 7.74. The summed E-state index contributed by atoms with van der Waals surface area (Å²) in [5.74, 6) is 0.777. The fourth-order valence-electron chi connectivity index (χ4n) is 3.68. The second-order valence-electron chi connectivity index (χ2n) is 7.30. The average molecular weight is 384 g/mol. The molecule has 27 heavy (non-hydrogen) atoms. The van der Waals surface area contributed by atoms with Gasteiger partial charge in [0.05, 0.1) is 0 Å². The molecule has 1 aliphatic rings. The van der Waals surface area contributed by atoms with E-state index in [0.717, 1.165) is 59.7 Å². The molecule has 0 atom stereocenters. The van der Waals surface area contributed by atoms with Gasteiger partial charge in [0.25, 0.3) is 0 Å². The van der Waals surface area contributed by atoms with Crippen molar-refractivity contribution in [2.24, 2.45) is 0 Å². The van der Waals surface area contributed by atoms with Gasteiger partial charge in [-0.15, -0.1) is 0 Å². The lowest BCUT2D eigenvalue weighted by atomic mass is 10.0. The zero-order valence-electron chi connectivity index (χ0n) is 15.4. The van der Waals surface area contributed by atoms with Crippen molar-refractivity contribution in [2.45, 2.75) is 32.4 Å². The highest BCUT2D eigenvalue weighted by Gasteiger charge is 2.20. The minimum atomic E-state index is -0.121. The Morgan fingerprint density at radius 1 is 1.15 bits per heavy atom. The Morgan fingerprint density at radius 2 is 1.96 bits per heavy atom. The number of anilines is 1. The van der Waals surface area contributed by atoms with E-state index in [1.807, 2.05) is 42.6 Å². The number of rotatable bonds is 4. The number of nitrogens with zero attached hydrogens (tertiary/aromatic N) is 2. The van der Waals surface area contributed by atoms with Gasteiger partial charge >= 0.3 is 0 Å². The van der Waals surface area contributed by atoms with Crippen molar-refractivity contribution in [1.82, 2.24) is 9.88 Å². The third-order valence-corrected chi connectivity index (χ3v) is 5.53. The van der Waals surface area contributed by atoms with Crippen LogP contribution in [-0.2, 0) is 6.54 Å². The number of hydrogen-bond donors (Lipinski definition) is 1. The summed E-state index contributed by atoms with van der Waals surface area (Å²) in [7, 11) is 0. The van der Waals surface area contributed by atoms with Crippen LogP contribution in [-0.4, -0.2) is 29.0 Å². The lowest BCUT2D eigenvalue weighted by Crippen LogP contribution is -2.38. The molecule has 0 spiro atoms. The van der Waals surface area contributed by atoms with Gasteiger partial charge in [-0.05, 0) is 60.5 Å². The van der Waals surface area contributed by atoms with Crippen LogP contribution in [0.1, 0.15) is 24.0 Å². The molecule has 0 bridgehead atoms. The van der Waals surface area contributed by atoms with Crippen molar-refractivity contribution in [1.29, 1.82) is 0 Å². The van der Waals surface area contributed by atoms with Crippen LogP contribution in [0.15, 0.2) is 48.7 Å². The summed E-state index contributed by atoms with van der Waals surface area (Å²) in [5.41, 5.74) is 1.74. The number of halogens is 2. The molecule has 0 aliphatic carbocycles. The van der Waals surface area contributed by atoms with Crippen LogP contribution >= 0.6 is 11.6 Å². The molecule has 140 valence electrons. The lowest BCUT2D eigenvalue weighted by molar-refractivity contribution is 0.211. The molecule has 0 saturated carbocycles. The maximum absolute atomic E-state index is 13.7. The van der Waals surface area contributed by atoms with E-state index in [-0.39, 0.29) is 5.82 Å². The lowest BCUT2D eigenvalue weighted by Gasteiger charge is -2.32. The molecule has 5 heteroatoms. The average Bonchev–Trinajstić information content (AvgIpc) is 2.67. The molecule has 1 fully saturated rings. The zero-order valence-corrected chi connectivity index (χ0v) is 16.1. The number of hydrogen-bond acceptors (Lipinski definition) is 3. The van der Waals surface area contributed by atoms with E-state index >= 15 is 0 Å². The molecular weight excluding hydrogens is 361 g/mol. The zero-order chi connectivity index (χ0) is 18.8. The van der Waals surface area contributed by atoms with Gasteiger partial charge in [-0.2, -0.15) is 0 Å². The first kappa shape index (κ1) is 18.2. The molecular formula is C22H23ClFN3. The summed E-state index contributed by atoms with van der Waals surface area (Å²) >= 11 is 6.16. The summed E-state index contributed by atoms with van der Waals surface area (Å²) in [6, 6.07) is 13.8. The van der Waals surface area contributed by atoms with Gasteiger partial charge in [-0.3, -0.25) is 4.90 Å². The van der Waals surface area contributed by atoms with E-state index in [1.54, 1.807) is 13.0 Å². The van der Waals surface area contributed by atoms with Gasteiger partial charge in [0.2, 0.25) is 0 Å². The molecule has 3 aromatic rings. The first-order valence-corrected chi connectivity index (χ1v) is 9.74. The number of fused-ring (bicyclic) bond motifs is 1. The Bertz CT molecular complexity index is 951. The highest BCUT2D eigenvalue weighted by molar-refractivity contribution is 6.31. The summed E-state index contributed by atoms with van der Waals surface area (Å²) in [4.78, 5) is 6.91. The molecule has 4 rings (SSSR count). The van der Waals surface area contributed by atoms with E-state index in [0.29, 0.717) is 11.6 Å². The summed E-state index contributed by atoms with van der Waals surface area (Å²) < 4.78 is 13.7. The Balaban J connectivity index is 1.38. The van der Waals surface area contributed by atoms with Crippen LogP contribution in [0.5, 0.6) is 0 Å². The Hall–Kier alpha value is -2.17. The fraction of sp³-hybridized carbons (Fsp3) is 0.318. The number of benzene rings is 2. The maximum Gasteiger partial charge on any atom is 0.134 e. The normalized spacial score (nSPS) is 16.0. The van der Waals surface area contributed by atoms with E-state index in [4.69, 9.17) is 11.6 Å². The maximum atomic E-state index is 13.7. The molecule has 1 N–H and O–H groups in total. The molecule has 2 heterocycles. The minimum Gasteiger partial charge on any atom is -0.367 e. The summed E-state index contributed by atoms with van der Waals surface area (Å²) in [6.07, 6.45) is 3.90. The van der Waals surface area contributed by atoms with Gasteiger partial charge in [0.15, 0.2) is 0 Å². The highest BCUT2D eigenvalue weighted by atomic mass is 35.5. The summed E-state index contributed by atoms with van der Waals surface area (Å²) in [6.45, 7) is 4.56. The first-order valence-electron chi connectivity index (χ1n) is 9.37. The van der Waals surface area contributed by atoms with Crippen molar-refractivity contribution in [2.75, 3.05) is 18.4 Å². The quantitative estimate of drug-likeness (QED) is 0.652. The molecule has 1 saturated heterocycles. The van der Waals surface area contributed by atoms with Gasteiger partial charge in [0, 0.05) is 42.3 Å². The number of piperidine rings is 1. The van der Waals surface area contributed by atoms with E-state index in [2.05, 4.69) is 15.2 Å². The van der Waals surface area contributed by atoms with Crippen molar-refractivity contribution in [3.8, 4) is 0 Å². The standard InChI is InChI=1S/C22H23ClFN3/c1-15-2-3-16(12-21(15)24)14-27-10-7-19(8-11-27)26-22-20-13-18(23)5-4-17(20)6-9-25-22/h2-6,9,12-13,19H,7-8,10-11,14H2,1H3,(H,25,26). The number of aromatic nitrogens is 1. The van der Waals surface area contributed by atoms with Crippen LogP contribution in [0, 0.1) is 12.7 Å². The fourth-order valence-corrected chi connectivity index (χ4v) is 3.85. The van der Waals surface area contributed by atoms with Crippen LogP contribution < -0.4 is 5.32 Å². The van der Waals surface area contributed by atoms with Crippen molar-refractivity contribution >= 4 is 28.2 Å². The predicted molar refractivity (Wildman–Crippen MR) is 110 cm³/mol. The highest BCUT2D eigenvalue weighted by Crippen LogP contribution is 2.26. The Labute approximate surface area is 164 Å². The third kappa shape index (κ3) is 4.23. The van der Waals surface area contributed by atoms with Crippen molar-refractivity contribution < 1.29 is 4.39 Å². The number of nitrogens with one attached hydrogen (secondary N) is 1. The molecule has 0 radical (unpaired) electrons. The number of likely N-dealkylation sites (tertiary alicyclic amines) is 1. The molecule has 2 aromatic carbocycles. The third-order valence-electron chi connectivity index (χ3n) is 5.30. The minimum absolute atomic E-state index is 0.121. The van der Waals surface area contributed by atoms with Crippen molar-refractivity contribution in [3.05, 3.63) is 70.6 Å². The van der Waals surface area contributed by atoms with Gasteiger partial charge < -0.3 is 5.32 Å². The van der Waals surface area contributed by atoms with Crippen LogP contribution in [0.3, 0.4) is 0 Å². The van der Waals surface area contributed by atoms with Crippen LogP contribution in [0.2, 0.25) is 5.02 Å². The summed E-state index contributed by atoms with van der Waals surface area (Å²) in [5, 5.41) is 6.51. The molecule has 1 aliphatic heterocycles. The predicted octanol–water partition coefficient (Wildman–Crippen LogP) is 5.41.